The smallest absolute Gasteiger partial charge is 0.321 e. The fourth-order valence-electron chi connectivity index (χ4n) is 3.39. The SMILES string of the molecule is O=C(Nc1cn[nH]c1)N1CCC[C@@H]1C1CCCC1. The topological polar surface area (TPSA) is 61.0 Å². The minimum Gasteiger partial charge on any atom is -0.321 e. The highest BCUT2D eigenvalue weighted by Crippen LogP contribution is 2.35. The lowest BCUT2D eigenvalue weighted by molar-refractivity contribution is 0.185. The van der Waals surface area contributed by atoms with Crippen molar-refractivity contribution in [3.8, 4) is 0 Å². The van der Waals surface area contributed by atoms with Gasteiger partial charge in [0.2, 0.25) is 0 Å². The normalized spacial score (nSPS) is 24.7. The minimum atomic E-state index is 0.0331. The predicted molar refractivity (Wildman–Crippen MR) is 69.3 cm³/mol. The zero-order valence-corrected chi connectivity index (χ0v) is 10.6. The van der Waals surface area contributed by atoms with Gasteiger partial charge in [0.05, 0.1) is 11.9 Å². The van der Waals surface area contributed by atoms with Gasteiger partial charge in [-0.25, -0.2) is 4.79 Å². The largest absolute Gasteiger partial charge is 0.322 e. The van der Waals surface area contributed by atoms with Crippen molar-refractivity contribution < 1.29 is 4.79 Å². The summed E-state index contributed by atoms with van der Waals surface area (Å²) in [4.78, 5) is 14.3. The van der Waals surface area contributed by atoms with Crippen LogP contribution in [0.15, 0.2) is 12.4 Å². The van der Waals surface area contributed by atoms with Gasteiger partial charge in [0, 0.05) is 18.8 Å². The fraction of sp³-hybridized carbons (Fsp3) is 0.692. The molecule has 5 nitrogen and oxygen atoms in total. The van der Waals surface area contributed by atoms with Crippen LogP contribution in [0, 0.1) is 5.92 Å². The molecule has 1 saturated carbocycles. The molecule has 2 N–H and O–H groups in total. The molecule has 0 aromatic carbocycles. The summed E-state index contributed by atoms with van der Waals surface area (Å²) in [5.41, 5.74) is 0.747. The van der Waals surface area contributed by atoms with Gasteiger partial charge in [0.25, 0.3) is 0 Å². The van der Waals surface area contributed by atoms with E-state index >= 15 is 0 Å². The summed E-state index contributed by atoms with van der Waals surface area (Å²) < 4.78 is 0. The van der Waals surface area contributed by atoms with Crippen LogP contribution in [0.1, 0.15) is 38.5 Å². The first kappa shape index (κ1) is 11.6. The lowest BCUT2D eigenvalue weighted by Crippen LogP contribution is -2.41. The Hall–Kier alpha value is -1.52. The highest BCUT2D eigenvalue weighted by atomic mass is 16.2. The van der Waals surface area contributed by atoms with Crippen LogP contribution in [0.2, 0.25) is 0 Å². The highest BCUT2D eigenvalue weighted by molar-refractivity contribution is 5.89. The molecule has 2 amide bonds. The molecule has 1 aliphatic carbocycles. The van der Waals surface area contributed by atoms with Crippen LogP contribution in [0.4, 0.5) is 10.5 Å². The second-order valence-electron chi connectivity index (χ2n) is 5.36. The third kappa shape index (κ3) is 2.21. The maximum atomic E-state index is 12.3. The maximum Gasteiger partial charge on any atom is 0.322 e. The molecule has 0 spiro atoms. The number of H-pyrrole nitrogens is 1. The van der Waals surface area contributed by atoms with Crippen LogP contribution in [0.3, 0.4) is 0 Å². The Balaban J connectivity index is 1.64. The highest BCUT2D eigenvalue weighted by Gasteiger charge is 2.35. The van der Waals surface area contributed by atoms with Crippen LogP contribution < -0.4 is 5.32 Å². The number of nitrogens with one attached hydrogen (secondary N) is 2. The lowest BCUT2D eigenvalue weighted by atomic mass is 9.96. The van der Waals surface area contributed by atoms with Gasteiger partial charge in [0.1, 0.15) is 0 Å². The number of likely N-dealkylation sites (tertiary alicyclic amines) is 1. The van der Waals surface area contributed by atoms with E-state index in [-0.39, 0.29) is 6.03 Å². The van der Waals surface area contributed by atoms with Crippen LogP contribution >= 0.6 is 0 Å². The summed E-state index contributed by atoms with van der Waals surface area (Å²) in [6.45, 7) is 0.894. The van der Waals surface area contributed by atoms with E-state index in [1.54, 1.807) is 12.4 Å². The number of amides is 2. The molecule has 1 atom stereocenters. The van der Waals surface area contributed by atoms with Crippen molar-refractivity contribution in [2.24, 2.45) is 5.92 Å². The molecule has 0 bridgehead atoms. The number of aromatic amines is 1. The fourth-order valence-corrected chi connectivity index (χ4v) is 3.39. The monoisotopic (exact) mass is 248 g/mol. The zero-order chi connectivity index (χ0) is 12.4. The van der Waals surface area contributed by atoms with E-state index in [1.807, 2.05) is 4.90 Å². The van der Waals surface area contributed by atoms with Gasteiger partial charge < -0.3 is 10.2 Å². The van der Waals surface area contributed by atoms with Gasteiger partial charge in [-0.2, -0.15) is 5.10 Å². The first-order chi connectivity index (χ1) is 8.84. The van der Waals surface area contributed by atoms with Gasteiger partial charge in [-0.05, 0) is 31.6 Å². The zero-order valence-electron chi connectivity index (χ0n) is 10.6. The number of anilines is 1. The van der Waals surface area contributed by atoms with Crippen LogP contribution in [-0.2, 0) is 0 Å². The summed E-state index contributed by atoms with van der Waals surface area (Å²) in [6.07, 6.45) is 10.9. The molecule has 2 heterocycles. The summed E-state index contributed by atoms with van der Waals surface area (Å²) in [5, 5.41) is 9.46. The molecule has 2 fully saturated rings. The Bertz CT molecular complexity index is 397. The maximum absolute atomic E-state index is 12.3. The van der Waals surface area contributed by atoms with Gasteiger partial charge in [0.15, 0.2) is 0 Å². The molecular formula is C13H20N4O. The molecule has 1 aliphatic heterocycles. The third-order valence-corrected chi connectivity index (χ3v) is 4.25. The molecule has 5 heteroatoms. The molecule has 1 aromatic heterocycles. The van der Waals surface area contributed by atoms with E-state index < -0.39 is 0 Å². The van der Waals surface area contributed by atoms with Crippen molar-refractivity contribution >= 4 is 11.7 Å². The van der Waals surface area contributed by atoms with E-state index in [2.05, 4.69) is 15.5 Å². The van der Waals surface area contributed by atoms with Crippen LogP contribution in [0.5, 0.6) is 0 Å². The predicted octanol–water partition coefficient (Wildman–Crippen LogP) is 2.60. The van der Waals surface area contributed by atoms with Gasteiger partial charge in [-0.15, -0.1) is 0 Å². The number of aromatic nitrogens is 2. The minimum absolute atomic E-state index is 0.0331. The van der Waals surface area contributed by atoms with Crippen molar-refractivity contribution in [2.75, 3.05) is 11.9 Å². The van der Waals surface area contributed by atoms with Crippen LogP contribution in [0.25, 0.3) is 0 Å². The summed E-state index contributed by atoms with van der Waals surface area (Å²) in [6, 6.07) is 0.491. The Kier molecular flexibility index (Phi) is 3.21. The number of urea groups is 1. The molecule has 1 saturated heterocycles. The standard InChI is InChI=1S/C13H20N4O/c18-13(16-11-8-14-15-9-11)17-7-3-6-12(17)10-4-1-2-5-10/h8-10,12H,1-7H2,(H,14,15)(H,16,18)/t12-/m1/s1. The van der Waals surface area contributed by atoms with Gasteiger partial charge in [-0.1, -0.05) is 12.8 Å². The number of carbonyl (C=O) groups is 1. The first-order valence-electron chi connectivity index (χ1n) is 6.91. The molecule has 18 heavy (non-hydrogen) atoms. The van der Waals surface area contributed by atoms with Crippen molar-refractivity contribution in [1.82, 2.24) is 15.1 Å². The van der Waals surface area contributed by atoms with E-state index in [0.717, 1.165) is 24.6 Å². The number of hydrogen-bond donors (Lipinski definition) is 2. The first-order valence-corrected chi connectivity index (χ1v) is 6.91. The quantitative estimate of drug-likeness (QED) is 0.845. The molecule has 98 valence electrons. The van der Waals surface area contributed by atoms with Crippen molar-refractivity contribution in [2.45, 2.75) is 44.6 Å². The summed E-state index contributed by atoms with van der Waals surface area (Å²) in [5.74, 6) is 0.725. The van der Waals surface area contributed by atoms with Crippen molar-refractivity contribution in [3.63, 3.8) is 0 Å². The molecule has 0 radical (unpaired) electrons. The molecule has 0 unspecified atom stereocenters. The summed E-state index contributed by atoms with van der Waals surface area (Å²) >= 11 is 0. The molecule has 1 aromatic rings. The van der Waals surface area contributed by atoms with E-state index in [1.165, 1.54) is 32.1 Å². The second kappa shape index (κ2) is 5.00. The van der Waals surface area contributed by atoms with Gasteiger partial charge in [-0.3, -0.25) is 5.10 Å². The average molecular weight is 248 g/mol. The van der Waals surface area contributed by atoms with E-state index in [9.17, 15) is 4.79 Å². The van der Waals surface area contributed by atoms with Crippen molar-refractivity contribution in [3.05, 3.63) is 12.4 Å². The Morgan fingerprint density at radius 2 is 2.17 bits per heavy atom. The number of hydrogen-bond acceptors (Lipinski definition) is 2. The Morgan fingerprint density at radius 1 is 1.33 bits per heavy atom. The lowest BCUT2D eigenvalue weighted by Gasteiger charge is -2.29. The number of rotatable bonds is 2. The Labute approximate surface area is 107 Å². The van der Waals surface area contributed by atoms with E-state index in [0.29, 0.717) is 6.04 Å². The van der Waals surface area contributed by atoms with Crippen molar-refractivity contribution in [1.29, 1.82) is 0 Å². The average Bonchev–Trinajstić information content (AvgIpc) is 3.11. The number of carbonyl (C=O) groups excluding carboxylic acids is 1. The molecule has 3 rings (SSSR count). The number of nitrogens with zero attached hydrogens (tertiary/aromatic N) is 2. The van der Waals surface area contributed by atoms with Gasteiger partial charge >= 0.3 is 6.03 Å². The summed E-state index contributed by atoms with van der Waals surface area (Å²) in [7, 11) is 0. The third-order valence-electron chi connectivity index (χ3n) is 4.25. The van der Waals surface area contributed by atoms with Crippen LogP contribution in [-0.4, -0.2) is 33.7 Å². The molecular weight excluding hydrogens is 228 g/mol. The molecule has 2 aliphatic rings. The second-order valence-corrected chi connectivity index (χ2v) is 5.36. The van der Waals surface area contributed by atoms with E-state index in [4.69, 9.17) is 0 Å². The Morgan fingerprint density at radius 3 is 2.89 bits per heavy atom.